The molecule has 0 atom stereocenters. The summed E-state index contributed by atoms with van der Waals surface area (Å²) in [6.45, 7) is 2.39. The molecule has 2 nitrogen and oxygen atoms in total. The molecule has 13 heavy (non-hydrogen) atoms. The van der Waals surface area contributed by atoms with E-state index in [2.05, 4.69) is 20.8 Å². The molecule has 1 N–H and O–H groups in total. The summed E-state index contributed by atoms with van der Waals surface area (Å²) in [4.78, 5) is 2.48. The minimum atomic E-state index is 0.314. The van der Waals surface area contributed by atoms with Crippen molar-refractivity contribution in [1.82, 2.24) is 4.90 Å². The van der Waals surface area contributed by atoms with Crippen molar-refractivity contribution in [2.75, 3.05) is 25.0 Å². The van der Waals surface area contributed by atoms with Crippen LogP contribution in [0.3, 0.4) is 0 Å². The smallest absolute Gasteiger partial charge is 0.0558 e. The van der Waals surface area contributed by atoms with Crippen molar-refractivity contribution >= 4 is 15.9 Å². The van der Waals surface area contributed by atoms with E-state index in [4.69, 9.17) is 5.11 Å². The number of hydrogen-bond acceptors (Lipinski definition) is 2. The lowest BCUT2D eigenvalue weighted by Crippen LogP contribution is -2.35. The predicted molar refractivity (Wildman–Crippen MR) is 57.1 cm³/mol. The van der Waals surface area contributed by atoms with Crippen LogP contribution in [0.5, 0.6) is 0 Å². The maximum atomic E-state index is 8.95. The van der Waals surface area contributed by atoms with Gasteiger partial charge in [0.1, 0.15) is 0 Å². The van der Waals surface area contributed by atoms with E-state index in [-0.39, 0.29) is 0 Å². The number of alkyl halides is 1. The summed E-state index contributed by atoms with van der Waals surface area (Å²) in [6.07, 6.45) is 5.43. The maximum Gasteiger partial charge on any atom is 0.0558 e. The van der Waals surface area contributed by atoms with Gasteiger partial charge in [0.15, 0.2) is 0 Å². The van der Waals surface area contributed by atoms with Gasteiger partial charge in [-0.05, 0) is 31.1 Å². The molecule has 2 aliphatic rings. The molecule has 76 valence electrons. The Morgan fingerprint density at radius 2 is 2.08 bits per heavy atom. The minimum absolute atomic E-state index is 0.314. The second kappa shape index (κ2) is 3.87. The van der Waals surface area contributed by atoms with E-state index in [0.717, 1.165) is 17.9 Å². The van der Waals surface area contributed by atoms with Gasteiger partial charge in [0.25, 0.3) is 0 Å². The first-order chi connectivity index (χ1) is 6.29. The molecule has 0 radical (unpaired) electrons. The van der Waals surface area contributed by atoms with Crippen LogP contribution in [0.2, 0.25) is 0 Å². The molecule has 2 fully saturated rings. The van der Waals surface area contributed by atoms with Gasteiger partial charge in [-0.2, -0.15) is 0 Å². The number of halogens is 1. The molecule has 2 saturated carbocycles. The number of rotatable bonds is 6. The summed E-state index contributed by atoms with van der Waals surface area (Å²) < 4.78 is 0. The van der Waals surface area contributed by atoms with Gasteiger partial charge in [-0.25, -0.2) is 0 Å². The van der Waals surface area contributed by atoms with Gasteiger partial charge in [0.05, 0.1) is 6.61 Å². The fraction of sp³-hybridized carbons (Fsp3) is 1.00. The monoisotopic (exact) mass is 247 g/mol. The molecular weight excluding hydrogens is 230 g/mol. The summed E-state index contributed by atoms with van der Waals surface area (Å²) in [7, 11) is 0. The fourth-order valence-corrected chi connectivity index (χ4v) is 2.64. The van der Waals surface area contributed by atoms with Crippen LogP contribution < -0.4 is 0 Å². The largest absolute Gasteiger partial charge is 0.395 e. The molecule has 2 rings (SSSR count). The first-order valence-electron chi connectivity index (χ1n) is 5.20. The second-order valence-electron chi connectivity index (χ2n) is 4.56. The number of hydrogen-bond donors (Lipinski definition) is 1. The van der Waals surface area contributed by atoms with Crippen molar-refractivity contribution in [1.29, 1.82) is 0 Å². The van der Waals surface area contributed by atoms with Crippen LogP contribution in [0, 0.1) is 5.41 Å². The third-order valence-electron chi connectivity index (χ3n) is 3.23. The molecule has 3 heteroatoms. The standard InChI is InChI=1S/C10H18BrNO/c11-7-10(3-4-10)8-12(5-6-13)9-1-2-9/h9,13H,1-8H2. The summed E-state index contributed by atoms with van der Waals surface area (Å²) in [5.41, 5.74) is 0.567. The Balaban J connectivity index is 1.81. The molecule has 2 aliphatic carbocycles. The Morgan fingerprint density at radius 1 is 1.38 bits per heavy atom. The summed E-state index contributed by atoms with van der Waals surface area (Å²) in [5, 5.41) is 10.1. The average molecular weight is 248 g/mol. The Labute approximate surface area is 88.4 Å². The summed E-state index contributed by atoms with van der Waals surface area (Å²) >= 11 is 3.59. The Hall–Kier alpha value is 0.400. The SMILES string of the molecule is OCCN(CC1(CBr)CC1)C1CC1. The fourth-order valence-electron chi connectivity index (χ4n) is 1.90. The molecule has 0 unspecified atom stereocenters. The number of aliphatic hydroxyl groups is 1. The quantitative estimate of drug-likeness (QED) is 0.722. The molecular formula is C10H18BrNO. The highest BCUT2D eigenvalue weighted by molar-refractivity contribution is 9.09. The van der Waals surface area contributed by atoms with Crippen molar-refractivity contribution in [3.63, 3.8) is 0 Å². The molecule has 0 heterocycles. The first kappa shape index (κ1) is 9.94. The number of aliphatic hydroxyl groups excluding tert-OH is 1. The molecule has 0 aliphatic heterocycles. The van der Waals surface area contributed by atoms with E-state index >= 15 is 0 Å². The van der Waals surface area contributed by atoms with Gasteiger partial charge in [0.2, 0.25) is 0 Å². The molecule has 0 aromatic carbocycles. The zero-order valence-electron chi connectivity index (χ0n) is 8.01. The van der Waals surface area contributed by atoms with Crippen LogP contribution >= 0.6 is 15.9 Å². The van der Waals surface area contributed by atoms with Gasteiger partial charge in [-0.3, -0.25) is 4.90 Å². The highest BCUT2D eigenvalue weighted by Gasteiger charge is 2.44. The van der Waals surface area contributed by atoms with Crippen molar-refractivity contribution in [2.45, 2.75) is 31.7 Å². The van der Waals surface area contributed by atoms with Crippen LogP contribution in [0.4, 0.5) is 0 Å². The van der Waals surface area contributed by atoms with E-state index in [0.29, 0.717) is 12.0 Å². The Kier molecular flexibility index (Phi) is 2.96. The van der Waals surface area contributed by atoms with E-state index < -0.39 is 0 Å². The molecule has 0 saturated heterocycles. The lowest BCUT2D eigenvalue weighted by atomic mass is 10.1. The van der Waals surface area contributed by atoms with E-state index in [1.54, 1.807) is 0 Å². The van der Waals surface area contributed by atoms with Crippen molar-refractivity contribution in [3.05, 3.63) is 0 Å². The number of nitrogens with zero attached hydrogens (tertiary/aromatic N) is 1. The average Bonchev–Trinajstić information content (AvgIpc) is 3.01. The van der Waals surface area contributed by atoms with Crippen molar-refractivity contribution < 1.29 is 5.11 Å². The van der Waals surface area contributed by atoms with Crippen LogP contribution in [0.15, 0.2) is 0 Å². The van der Waals surface area contributed by atoms with Crippen LogP contribution in [0.1, 0.15) is 25.7 Å². The highest BCUT2D eigenvalue weighted by atomic mass is 79.9. The first-order valence-corrected chi connectivity index (χ1v) is 6.33. The van der Waals surface area contributed by atoms with Gasteiger partial charge in [-0.15, -0.1) is 0 Å². The Bertz CT molecular complexity index is 178. The van der Waals surface area contributed by atoms with Crippen molar-refractivity contribution in [3.8, 4) is 0 Å². The van der Waals surface area contributed by atoms with E-state index in [1.807, 2.05) is 0 Å². The zero-order valence-corrected chi connectivity index (χ0v) is 9.59. The summed E-state index contributed by atoms with van der Waals surface area (Å²) in [6, 6.07) is 0.795. The topological polar surface area (TPSA) is 23.5 Å². The highest BCUT2D eigenvalue weighted by Crippen LogP contribution is 2.48. The lowest BCUT2D eigenvalue weighted by Gasteiger charge is -2.25. The zero-order chi connectivity index (χ0) is 9.31. The van der Waals surface area contributed by atoms with Gasteiger partial charge < -0.3 is 5.11 Å². The molecule has 0 aromatic heterocycles. The van der Waals surface area contributed by atoms with E-state index in [1.165, 1.54) is 32.2 Å². The lowest BCUT2D eigenvalue weighted by molar-refractivity contribution is 0.167. The third kappa shape index (κ3) is 2.45. The minimum Gasteiger partial charge on any atom is -0.395 e. The maximum absolute atomic E-state index is 8.95. The molecule has 0 bridgehead atoms. The molecule has 0 spiro atoms. The molecule has 0 amide bonds. The third-order valence-corrected chi connectivity index (χ3v) is 4.42. The van der Waals surface area contributed by atoms with Gasteiger partial charge in [0, 0.05) is 24.5 Å². The summed E-state index contributed by atoms with van der Waals surface area (Å²) in [5.74, 6) is 0. The normalized spacial score (nSPS) is 25.2. The van der Waals surface area contributed by atoms with Crippen molar-refractivity contribution in [2.24, 2.45) is 5.41 Å². The van der Waals surface area contributed by atoms with Crippen LogP contribution in [-0.4, -0.2) is 41.1 Å². The van der Waals surface area contributed by atoms with Gasteiger partial charge >= 0.3 is 0 Å². The van der Waals surface area contributed by atoms with Gasteiger partial charge in [-0.1, -0.05) is 15.9 Å². The molecule has 0 aromatic rings. The predicted octanol–water partition coefficient (Wildman–Crippen LogP) is 1.62. The Morgan fingerprint density at radius 3 is 2.46 bits per heavy atom. The van der Waals surface area contributed by atoms with Crippen LogP contribution in [0.25, 0.3) is 0 Å². The second-order valence-corrected chi connectivity index (χ2v) is 5.12. The van der Waals surface area contributed by atoms with Crippen LogP contribution in [-0.2, 0) is 0 Å². The van der Waals surface area contributed by atoms with E-state index in [9.17, 15) is 0 Å².